The fourth-order valence-electron chi connectivity index (χ4n) is 2.22. The van der Waals surface area contributed by atoms with Gasteiger partial charge in [0.1, 0.15) is 6.54 Å². The Balaban J connectivity index is 1.76. The normalized spacial score (nSPS) is 20.2. The Morgan fingerprint density at radius 1 is 1.26 bits per heavy atom. The molecular formula is C13H23N3O3. The number of amides is 2. The molecule has 19 heavy (non-hydrogen) atoms. The van der Waals surface area contributed by atoms with E-state index < -0.39 is 5.97 Å². The summed E-state index contributed by atoms with van der Waals surface area (Å²) >= 11 is 0. The predicted octanol–water partition coefficient (Wildman–Crippen LogP) is 0.728. The summed E-state index contributed by atoms with van der Waals surface area (Å²) < 4.78 is 0. The molecule has 0 spiro atoms. The highest BCUT2D eigenvalue weighted by Gasteiger charge is 2.34. The molecule has 2 aliphatic rings. The zero-order valence-electron chi connectivity index (χ0n) is 11.6. The van der Waals surface area contributed by atoms with Gasteiger partial charge >= 0.3 is 12.0 Å². The molecule has 2 N–H and O–H groups in total. The number of carboxylic acids is 1. The highest BCUT2D eigenvalue weighted by Crippen LogP contribution is 2.27. The van der Waals surface area contributed by atoms with Gasteiger partial charge in [-0.2, -0.15) is 0 Å². The molecule has 2 amide bonds. The number of carboxylic acid groups (broad SMARTS) is 1. The molecule has 2 aliphatic carbocycles. The van der Waals surface area contributed by atoms with Crippen LogP contribution in [-0.2, 0) is 4.79 Å². The lowest BCUT2D eigenvalue weighted by molar-refractivity contribution is -0.137. The van der Waals surface area contributed by atoms with E-state index in [4.69, 9.17) is 5.11 Å². The first-order valence-corrected chi connectivity index (χ1v) is 6.97. The molecule has 108 valence electrons. The quantitative estimate of drug-likeness (QED) is 0.714. The van der Waals surface area contributed by atoms with E-state index in [0.29, 0.717) is 12.6 Å². The number of aliphatic carboxylic acids is 1. The molecule has 0 bridgehead atoms. The second-order valence-electron chi connectivity index (χ2n) is 5.68. The van der Waals surface area contributed by atoms with Gasteiger partial charge in [0.2, 0.25) is 0 Å². The number of rotatable bonds is 7. The molecule has 0 radical (unpaired) electrons. The molecule has 0 aromatic rings. The summed E-state index contributed by atoms with van der Waals surface area (Å²) in [5.41, 5.74) is 0. The van der Waals surface area contributed by atoms with Crippen molar-refractivity contribution in [3.05, 3.63) is 0 Å². The average molecular weight is 269 g/mol. The summed E-state index contributed by atoms with van der Waals surface area (Å²) in [4.78, 5) is 26.5. The van der Waals surface area contributed by atoms with Gasteiger partial charge in [0.25, 0.3) is 0 Å². The van der Waals surface area contributed by atoms with Crippen molar-refractivity contribution in [2.45, 2.75) is 50.7 Å². The van der Waals surface area contributed by atoms with Gasteiger partial charge in [0.15, 0.2) is 0 Å². The molecule has 2 fully saturated rings. The van der Waals surface area contributed by atoms with Gasteiger partial charge in [-0.3, -0.25) is 9.69 Å². The van der Waals surface area contributed by atoms with Gasteiger partial charge in [-0.25, -0.2) is 4.79 Å². The summed E-state index contributed by atoms with van der Waals surface area (Å²) in [6, 6.07) is 0.807. The van der Waals surface area contributed by atoms with Crippen LogP contribution in [0.15, 0.2) is 0 Å². The van der Waals surface area contributed by atoms with E-state index in [1.54, 1.807) is 0 Å². The lowest BCUT2D eigenvalue weighted by atomic mass is 10.3. The zero-order valence-corrected chi connectivity index (χ0v) is 11.6. The minimum atomic E-state index is -0.954. The third-order valence-electron chi connectivity index (χ3n) is 3.92. The highest BCUT2D eigenvalue weighted by molar-refractivity contribution is 5.80. The number of hydrogen-bond donors (Lipinski definition) is 2. The smallest absolute Gasteiger partial charge is 0.323 e. The molecule has 1 unspecified atom stereocenters. The Hall–Kier alpha value is -1.30. The Kier molecular flexibility index (Phi) is 4.29. The van der Waals surface area contributed by atoms with Crippen LogP contribution < -0.4 is 5.32 Å². The maximum absolute atomic E-state index is 12.0. The predicted molar refractivity (Wildman–Crippen MR) is 71.0 cm³/mol. The van der Waals surface area contributed by atoms with Crippen LogP contribution in [0.4, 0.5) is 4.79 Å². The fourth-order valence-corrected chi connectivity index (χ4v) is 2.22. The van der Waals surface area contributed by atoms with Crippen LogP contribution in [0.5, 0.6) is 0 Å². The average Bonchev–Trinajstić information content (AvgIpc) is 3.22. The summed E-state index contributed by atoms with van der Waals surface area (Å²) in [7, 11) is 2.07. The lowest BCUT2D eigenvalue weighted by Gasteiger charge is -2.27. The minimum absolute atomic E-state index is 0.118. The molecule has 1 atom stereocenters. The SMILES string of the molecule is CC(CNC(=O)N(CC(=O)O)C1CC1)N(C)C1CC1. The number of nitrogens with one attached hydrogen (secondary N) is 1. The Bertz CT molecular complexity index is 353. The molecule has 0 aliphatic heterocycles. The minimum Gasteiger partial charge on any atom is -0.480 e. The lowest BCUT2D eigenvalue weighted by Crippen LogP contribution is -2.48. The monoisotopic (exact) mass is 269 g/mol. The topological polar surface area (TPSA) is 72.9 Å². The van der Waals surface area contributed by atoms with Crippen LogP contribution in [-0.4, -0.2) is 65.2 Å². The van der Waals surface area contributed by atoms with Crippen LogP contribution in [0, 0.1) is 0 Å². The van der Waals surface area contributed by atoms with Gasteiger partial charge in [-0.15, -0.1) is 0 Å². The van der Waals surface area contributed by atoms with Gasteiger partial charge in [0.05, 0.1) is 0 Å². The molecule has 6 heteroatoms. The number of likely N-dealkylation sites (N-methyl/N-ethyl adjacent to an activating group) is 1. The fraction of sp³-hybridized carbons (Fsp3) is 0.846. The molecule has 0 heterocycles. The molecule has 6 nitrogen and oxygen atoms in total. The van der Waals surface area contributed by atoms with Crippen molar-refractivity contribution in [1.29, 1.82) is 0 Å². The van der Waals surface area contributed by atoms with E-state index in [1.807, 2.05) is 0 Å². The first kappa shape index (κ1) is 14.1. The van der Waals surface area contributed by atoms with Gasteiger partial charge in [-0.1, -0.05) is 0 Å². The third-order valence-corrected chi connectivity index (χ3v) is 3.92. The van der Waals surface area contributed by atoms with Crippen LogP contribution in [0.1, 0.15) is 32.6 Å². The van der Waals surface area contributed by atoms with E-state index in [2.05, 4.69) is 24.2 Å². The standard InChI is InChI=1S/C13H23N3O3/c1-9(15(2)10-3-4-10)7-14-13(19)16(8-12(17)18)11-5-6-11/h9-11H,3-8H2,1-2H3,(H,14,19)(H,17,18). The van der Waals surface area contributed by atoms with Crippen LogP contribution in [0.25, 0.3) is 0 Å². The van der Waals surface area contributed by atoms with E-state index in [-0.39, 0.29) is 24.7 Å². The van der Waals surface area contributed by atoms with Gasteiger partial charge in [-0.05, 0) is 39.7 Å². The maximum Gasteiger partial charge on any atom is 0.323 e. The molecule has 2 saturated carbocycles. The van der Waals surface area contributed by atoms with Crippen molar-refractivity contribution in [1.82, 2.24) is 15.1 Å². The van der Waals surface area contributed by atoms with E-state index in [0.717, 1.165) is 12.8 Å². The van der Waals surface area contributed by atoms with Crippen molar-refractivity contribution in [3.8, 4) is 0 Å². The highest BCUT2D eigenvalue weighted by atomic mass is 16.4. The summed E-state index contributed by atoms with van der Waals surface area (Å²) in [5.74, 6) is -0.954. The molecule has 2 rings (SSSR count). The van der Waals surface area contributed by atoms with Crippen LogP contribution in [0.3, 0.4) is 0 Å². The summed E-state index contributed by atoms with van der Waals surface area (Å²) in [6.07, 6.45) is 4.31. The molecule has 0 saturated heterocycles. The first-order valence-electron chi connectivity index (χ1n) is 6.97. The Morgan fingerprint density at radius 2 is 1.84 bits per heavy atom. The maximum atomic E-state index is 12.0. The number of urea groups is 1. The summed E-state index contributed by atoms with van der Waals surface area (Å²) in [5, 5.41) is 11.7. The molecule has 0 aromatic heterocycles. The Morgan fingerprint density at radius 3 is 2.32 bits per heavy atom. The molecule has 0 aromatic carbocycles. The second kappa shape index (κ2) is 5.77. The van der Waals surface area contributed by atoms with Crippen molar-refractivity contribution in [2.75, 3.05) is 20.1 Å². The van der Waals surface area contributed by atoms with E-state index in [9.17, 15) is 9.59 Å². The zero-order chi connectivity index (χ0) is 14.0. The number of hydrogen-bond acceptors (Lipinski definition) is 3. The molecular weight excluding hydrogens is 246 g/mol. The van der Waals surface area contributed by atoms with Gasteiger partial charge < -0.3 is 15.3 Å². The third kappa shape index (κ3) is 4.09. The largest absolute Gasteiger partial charge is 0.480 e. The first-order chi connectivity index (χ1) is 8.99. The van der Waals surface area contributed by atoms with Crippen molar-refractivity contribution in [2.24, 2.45) is 0 Å². The van der Waals surface area contributed by atoms with Crippen molar-refractivity contribution >= 4 is 12.0 Å². The van der Waals surface area contributed by atoms with E-state index >= 15 is 0 Å². The number of carbonyl (C=O) groups excluding carboxylic acids is 1. The Labute approximate surface area is 113 Å². The summed E-state index contributed by atoms with van der Waals surface area (Å²) in [6.45, 7) is 2.44. The second-order valence-corrected chi connectivity index (χ2v) is 5.68. The van der Waals surface area contributed by atoms with Crippen LogP contribution in [0.2, 0.25) is 0 Å². The van der Waals surface area contributed by atoms with Crippen LogP contribution >= 0.6 is 0 Å². The van der Waals surface area contributed by atoms with Gasteiger partial charge in [0, 0.05) is 24.7 Å². The van der Waals surface area contributed by atoms with E-state index in [1.165, 1.54) is 17.7 Å². The number of nitrogens with zero attached hydrogens (tertiary/aromatic N) is 2. The van der Waals surface area contributed by atoms with Crippen molar-refractivity contribution in [3.63, 3.8) is 0 Å². The number of carbonyl (C=O) groups is 2. The van der Waals surface area contributed by atoms with Crippen molar-refractivity contribution < 1.29 is 14.7 Å².